The molecule has 0 bridgehead atoms. The van der Waals surface area contributed by atoms with E-state index in [0.29, 0.717) is 12.6 Å². The van der Waals surface area contributed by atoms with Gasteiger partial charge in [0, 0.05) is 12.6 Å². The van der Waals surface area contributed by atoms with Gasteiger partial charge in [0.05, 0.1) is 6.10 Å². The number of aliphatic hydroxyl groups is 1. The molecule has 0 spiro atoms. The zero-order valence-electron chi connectivity index (χ0n) is 9.61. The second-order valence-corrected chi connectivity index (χ2v) is 4.18. The van der Waals surface area contributed by atoms with E-state index in [2.05, 4.69) is 36.5 Å². The summed E-state index contributed by atoms with van der Waals surface area (Å²) in [6.45, 7) is 4.64. The highest BCUT2D eigenvalue weighted by Crippen LogP contribution is 2.04. The standard InChI is InChI=1S/C13H21NO/c1-11(14-10-12(2)15)8-9-13-6-4-3-5-7-13/h3-7,11-12,14-15H,8-10H2,1-2H3/t11-,12-/m1/s1. The summed E-state index contributed by atoms with van der Waals surface area (Å²) in [7, 11) is 0. The molecule has 0 radical (unpaired) electrons. The summed E-state index contributed by atoms with van der Waals surface area (Å²) in [5.74, 6) is 0. The summed E-state index contributed by atoms with van der Waals surface area (Å²) in [4.78, 5) is 0. The maximum absolute atomic E-state index is 9.12. The highest BCUT2D eigenvalue weighted by molar-refractivity contribution is 5.14. The van der Waals surface area contributed by atoms with Crippen molar-refractivity contribution in [2.45, 2.75) is 38.8 Å². The number of hydrogen-bond acceptors (Lipinski definition) is 2. The average molecular weight is 207 g/mol. The molecule has 84 valence electrons. The first-order chi connectivity index (χ1) is 7.18. The van der Waals surface area contributed by atoms with Crippen LogP contribution in [0.3, 0.4) is 0 Å². The Labute approximate surface area is 92.3 Å². The first-order valence-electron chi connectivity index (χ1n) is 5.64. The van der Waals surface area contributed by atoms with E-state index in [1.807, 2.05) is 6.07 Å². The maximum Gasteiger partial charge on any atom is 0.0636 e. The third-order valence-electron chi connectivity index (χ3n) is 2.47. The molecular weight excluding hydrogens is 186 g/mol. The van der Waals surface area contributed by atoms with Gasteiger partial charge in [0.1, 0.15) is 0 Å². The van der Waals surface area contributed by atoms with E-state index < -0.39 is 0 Å². The fourth-order valence-electron chi connectivity index (χ4n) is 1.50. The normalized spacial score (nSPS) is 14.9. The number of nitrogens with one attached hydrogen (secondary N) is 1. The molecule has 0 aromatic heterocycles. The summed E-state index contributed by atoms with van der Waals surface area (Å²) < 4.78 is 0. The minimum Gasteiger partial charge on any atom is -0.392 e. The molecule has 15 heavy (non-hydrogen) atoms. The van der Waals surface area contributed by atoms with Gasteiger partial charge in [-0.1, -0.05) is 30.3 Å². The monoisotopic (exact) mass is 207 g/mol. The largest absolute Gasteiger partial charge is 0.392 e. The van der Waals surface area contributed by atoms with E-state index in [-0.39, 0.29) is 6.10 Å². The zero-order chi connectivity index (χ0) is 11.1. The maximum atomic E-state index is 9.12. The third-order valence-corrected chi connectivity index (χ3v) is 2.47. The Morgan fingerprint density at radius 2 is 1.87 bits per heavy atom. The van der Waals surface area contributed by atoms with Crippen molar-refractivity contribution in [1.29, 1.82) is 0 Å². The molecule has 0 saturated carbocycles. The molecule has 0 aliphatic rings. The van der Waals surface area contributed by atoms with Gasteiger partial charge in [-0.2, -0.15) is 0 Å². The predicted octanol–water partition coefficient (Wildman–Crippen LogP) is 1.98. The van der Waals surface area contributed by atoms with Crippen molar-refractivity contribution in [2.24, 2.45) is 0 Å². The number of benzene rings is 1. The quantitative estimate of drug-likeness (QED) is 0.747. The van der Waals surface area contributed by atoms with Crippen molar-refractivity contribution in [3.63, 3.8) is 0 Å². The van der Waals surface area contributed by atoms with Crippen molar-refractivity contribution < 1.29 is 5.11 Å². The highest BCUT2D eigenvalue weighted by atomic mass is 16.3. The minimum absolute atomic E-state index is 0.260. The fourth-order valence-corrected chi connectivity index (χ4v) is 1.50. The summed E-state index contributed by atoms with van der Waals surface area (Å²) >= 11 is 0. The number of hydrogen-bond donors (Lipinski definition) is 2. The Kier molecular flexibility index (Phi) is 5.37. The SMILES string of the molecule is C[C@H](CCc1ccccc1)NC[C@@H](C)O. The van der Waals surface area contributed by atoms with Crippen LogP contribution in [0.15, 0.2) is 30.3 Å². The Bertz CT molecular complexity index is 258. The number of aliphatic hydroxyl groups excluding tert-OH is 1. The molecule has 0 aliphatic carbocycles. The summed E-state index contributed by atoms with van der Waals surface area (Å²) in [5.41, 5.74) is 1.38. The van der Waals surface area contributed by atoms with Gasteiger partial charge < -0.3 is 10.4 Å². The van der Waals surface area contributed by atoms with Gasteiger partial charge in [0.15, 0.2) is 0 Å². The van der Waals surface area contributed by atoms with Crippen molar-refractivity contribution in [3.05, 3.63) is 35.9 Å². The number of rotatable bonds is 6. The lowest BCUT2D eigenvalue weighted by Gasteiger charge is -2.14. The van der Waals surface area contributed by atoms with Crippen LogP contribution in [0.25, 0.3) is 0 Å². The van der Waals surface area contributed by atoms with Crippen molar-refractivity contribution in [2.75, 3.05) is 6.54 Å². The first-order valence-corrected chi connectivity index (χ1v) is 5.64. The van der Waals surface area contributed by atoms with Gasteiger partial charge in [0.2, 0.25) is 0 Å². The van der Waals surface area contributed by atoms with Crippen LogP contribution < -0.4 is 5.32 Å². The van der Waals surface area contributed by atoms with Crippen molar-refractivity contribution in [3.8, 4) is 0 Å². The second kappa shape index (κ2) is 6.59. The lowest BCUT2D eigenvalue weighted by molar-refractivity contribution is 0.186. The van der Waals surface area contributed by atoms with Gasteiger partial charge in [-0.3, -0.25) is 0 Å². The topological polar surface area (TPSA) is 32.3 Å². The lowest BCUT2D eigenvalue weighted by atomic mass is 10.1. The second-order valence-electron chi connectivity index (χ2n) is 4.18. The van der Waals surface area contributed by atoms with Crippen molar-refractivity contribution in [1.82, 2.24) is 5.32 Å². The molecule has 0 aliphatic heterocycles. The summed E-state index contributed by atoms with van der Waals surface area (Å²) in [6, 6.07) is 11.0. The fraction of sp³-hybridized carbons (Fsp3) is 0.538. The molecule has 0 amide bonds. The molecule has 1 aromatic rings. The van der Waals surface area contributed by atoms with Crippen LogP contribution in [0, 0.1) is 0 Å². The molecule has 2 N–H and O–H groups in total. The Hall–Kier alpha value is -0.860. The predicted molar refractivity (Wildman–Crippen MR) is 63.9 cm³/mol. The van der Waals surface area contributed by atoms with Gasteiger partial charge >= 0.3 is 0 Å². The van der Waals surface area contributed by atoms with Crippen LogP contribution in [0.2, 0.25) is 0 Å². The summed E-state index contributed by atoms with van der Waals surface area (Å²) in [6.07, 6.45) is 1.94. The van der Waals surface area contributed by atoms with E-state index in [9.17, 15) is 0 Å². The molecule has 2 nitrogen and oxygen atoms in total. The summed E-state index contributed by atoms with van der Waals surface area (Å²) in [5, 5.41) is 12.4. The van der Waals surface area contributed by atoms with E-state index >= 15 is 0 Å². The van der Waals surface area contributed by atoms with Crippen LogP contribution in [-0.2, 0) is 6.42 Å². The molecule has 0 fully saturated rings. The van der Waals surface area contributed by atoms with E-state index in [0.717, 1.165) is 12.8 Å². The molecular formula is C13H21NO. The van der Waals surface area contributed by atoms with E-state index in [1.165, 1.54) is 5.56 Å². The van der Waals surface area contributed by atoms with Crippen LogP contribution >= 0.6 is 0 Å². The molecule has 2 heteroatoms. The third kappa shape index (κ3) is 5.55. The molecule has 0 saturated heterocycles. The number of aryl methyl sites for hydroxylation is 1. The highest BCUT2D eigenvalue weighted by Gasteiger charge is 2.03. The minimum atomic E-state index is -0.260. The van der Waals surface area contributed by atoms with Crippen molar-refractivity contribution >= 4 is 0 Å². The van der Waals surface area contributed by atoms with E-state index in [4.69, 9.17) is 5.11 Å². The van der Waals surface area contributed by atoms with Gasteiger partial charge in [-0.15, -0.1) is 0 Å². The molecule has 0 unspecified atom stereocenters. The van der Waals surface area contributed by atoms with Gasteiger partial charge in [0.25, 0.3) is 0 Å². The smallest absolute Gasteiger partial charge is 0.0636 e. The lowest BCUT2D eigenvalue weighted by Crippen LogP contribution is -2.32. The van der Waals surface area contributed by atoms with Crippen LogP contribution in [0.4, 0.5) is 0 Å². The van der Waals surface area contributed by atoms with Crippen LogP contribution in [-0.4, -0.2) is 23.8 Å². The Morgan fingerprint density at radius 3 is 2.47 bits per heavy atom. The molecule has 1 rings (SSSR count). The van der Waals surface area contributed by atoms with Crippen LogP contribution in [0.5, 0.6) is 0 Å². The molecule has 0 heterocycles. The Morgan fingerprint density at radius 1 is 1.20 bits per heavy atom. The van der Waals surface area contributed by atoms with E-state index in [1.54, 1.807) is 6.92 Å². The van der Waals surface area contributed by atoms with Gasteiger partial charge in [-0.05, 0) is 32.3 Å². The average Bonchev–Trinajstić information content (AvgIpc) is 2.25. The van der Waals surface area contributed by atoms with Crippen LogP contribution in [0.1, 0.15) is 25.8 Å². The first kappa shape index (κ1) is 12.2. The zero-order valence-corrected chi connectivity index (χ0v) is 9.61. The van der Waals surface area contributed by atoms with Gasteiger partial charge in [-0.25, -0.2) is 0 Å². The molecule has 2 atom stereocenters. The Balaban J connectivity index is 2.19. The molecule has 1 aromatic carbocycles.